The normalized spacial score (nSPS) is 11.3. The van der Waals surface area contributed by atoms with E-state index in [1.54, 1.807) is 0 Å². The van der Waals surface area contributed by atoms with Gasteiger partial charge < -0.3 is 15.5 Å². The van der Waals surface area contributed by atoms with Crippen LogP contribution in [0.3, 0.4) is 0 Å². The lowest BCUT2D eigenvalue weighted by molar-refractivity contribution is 1.00. The molecule has 24 heavy (non-hydrogen) atoms. The number of aryl methyl sites for hydroxylation is 2. The van der Waals surface area contributed by atoms with Gasteiger partial charge in [-0.2, -0.15) is 0 Å². The maximum atomic E-state index is 5.95. The van der Waals surface area contributed by atoms with Gasteiger partial charge in [-0.15, -0.1) is 24.0 Å². The number of hydrogen-bond acceptors (Lipinski definition) is 2. The Kier molecular flexibility index (Phi) is 6.19. The minimum atomic E-state index is 0. The zero-order valence-electron chi connectivity index (χ0n) is 13.9. The van der Waals surface area contributed by atoms with Crippen molar-refractivity contribution in [2.24, 2.45) is 10.7 Å². The van der Waals surface area contributed by atoms with Crippen LogP contribution < -0.4 is 11.1 Å². The molecule has 0 saturated heterocycles. The third-order valence-electron chi connectivity index (χ3n) is 3.79. The number of fused-ring (bicyclic) bond motifs is 1. The smallest absolute Gasteiger partial charge is 0.193 e. The molecule has 0 unspecified atom stereocenters. The van der Waals surface area contributed by atoms with Crippen LogP contribution >= 0.6 is 24.0 Å². The molecule has 0 saturated carbocycles. The summed E-state index contributed by atoms with van der Waals surface area (Å²) in [5.74, 6) is 0.392. The molecule has 1 aromatic carbocycles. The first-order valence-electron chi connectivity index (χ1n) is 7.75. The van der Waals surface area contributed by atoms with Crippen molar-refractivity contribution in [3.8, 4) is 0 Å². The van der Waals surface area contributed by atoms with Gasteiger partial charge in [0.05, 0.1) is 12.2 Å². The zero-order chi connectivity index (χ0) is 16.2. The van der Waals surface area contributed by atoms with Crippen molar-refractivity contribution >= 4 is 41.3 Å². The molecule has 0 radical (unpaired) electrons. The lowest BCUT2D eigenvalue weighted by atomic mass is 10.1. The largest absolute Gasteiger partial charge is 0.370 e. The van der Waals surface area contributed by atoms with Crippen molar-refractivity contribution in [1.82, 2.24) is 9.38 Å². The van der Waals surface area contributed by atoms with Gasteiger partial charge >= 0.3 is 0 Å². The standard InChI is InChI=1S/C18H21N5.HI/c1-3-14-7-9-15(10-8-14)22-18(19)20-11-16-12-23-13(2)5-4-6-17(23)21-16;/h4-10,12H,3,11H2,1-2H3,(H3,19,20,22);1H. The molecule has 0 fully saturated rings. The van der Waals surface area contributed by atoms with Crippen LogP contribution in [0.25, 0.3) is 5.65 Å². The van der Waals surface area contributed by atoms with Crippen molar-refractivity contribution < 1.29 is 0 Å². The summed E-state index contributed by atoms with van der Waals surface area (Å²) in [6.45, 7) is 4.64. The minimum absolute atomic E-state index is 0. The maximum Gasteiger partial charge on any atom is 0.193 e. The number of aliphatic imine (C=N–C) groups is 1. The van der Waals surface area contributed by atoms with E-state index in [1.165, 1.54) is 5.56 Å². The lowest BCUT2D eigenvalue weighted by Gasteiger charge is -2.06. The molecule has 3 aromatic rings. The fourth-order valence-corrected chi connectivity index (χ4v) is 2.45. The number of nitrogens with one attached hydrogen (secondary N) is 1. The average Bonchev–Trinajstić information content (AvgIpc) is 2.98. The van der Waals surface area contributed by atoms with Crippen LogP contribution in [0.2, 0.25) is 0 Å². The molecule has 0 aliphatic rings. The summed E-state index contributed by atoms with van der Waals surface area (Å²) in [6.07, 6.45) is 3.02. The summed E-state index contributed by atoms with van der Waals surface area (Å²) >= 11 is 0. The number of aromatic nitrogens is 2. The Labute approximate surface area is 159 Å². The Morgan fingerprint density at radius 1 is 1.21 bits per heavy atom. The molecule has 0 aliphatic carbocycles. The van der Waals surface area contributed by atoms with Crippen molar-refractivity contribution in [3.05, 3.63) is 65.6 Å². The monoisotopic (exact) mass is 435 g/mol. The third-order valence-corrected chi connectivity index (χ3v) is 3.79. The van der Waals surface area contributed by atoms with Gasteiger partial charge in [0.1, 0.15) is 5.65 Å². The molecular formula is C18H22IN5. The summed E-state index contributed by atoms with van der Waals surface area (Å²) in [7, 11) is 0. The van der Waals surface area contributed by atoms with E-state index >= 15 is 0 Å². The van der Waals surface area contributed by atoms with Gasteiger partial charge in [-0.25, -0.2) is 9.98 Å². The molecule has 0 aliphatic heterocycles. The van der Waals surface area contributed by atoms with Crippen LogP contribution in [0.4, 0.5) is 5.69 Å². The second-order valence-corrected chi connectivity index (χ2v) is 5.50. The molecular weight excluding hydrogens is 413 g/mol. The third kappa shape index (κ3) is 4.25. The molecule has 0 bridgehead atoms. The number of imidazole rings is 1. The number of guanidine groups is 1. The molecule has 3 N–H and O–H groups in total. The number of nitrogens with two attached hydrogens (primary N) is 1. The fourth-order valence-electron chi connectivity index (χ4n) is 2.45. The average molecular weight is 435 g/mol. The van der Waals surface area contributed by atoms with E-state index < -0.39 is 0 Å². The van der Waals surface area contributed by atoms with Crippen LogP contribution in [0.1, 0.15) is 23.9 Å². The Hall–Kier alpha value is -2.09. The summed E-state index contributed by atoms with van der Waals surface area (Å²) in [5.41, 5.74) is 11.2. The number of hydrogen-bond donors (Lipinski definition) is 2. The molecule has 2 aromatic heterocycles. The summed E-state index contributed by atoms with van der Waals surface area (Å²) < 4.78 is 2.05. The van der Waals surface area contributed by atoms with Crippen molar-refractivity contribution in [3.63, 3.8) is 0 Å². The van der Waals surface area contributed by atoms with Crippen molar-refractivity contribution in [2.45, 2.75) is 26.8 Å². The fraction of sp³-hybridized carbons (Fsp3) is 0.222. The first-order valence-corrected chi connectivity index (χ1v) is 7.75. The highest BCUT2D eigenvalue weighted by atomic mass is 127. The number of rotatable bonds is 4. The molecule has 2 heterocycles. The maximum absolute atomic E-state index is 5.95. The van der Waals surface area contributed by atoms with E-state index in [9.17, 15) is 0 Å². The van der Waals surface area contributed by atoms with Gasteiger partial charge in [-0.05, 0) is 43.2 Å². The summed E-state index contributed by atoms with van der Waals surface area (Å²) in [6, 6.07) is 14.2. The number of nitrogens with zero attached hydrogens (tertiary/aromatic N) is 3. The minimum Gasteiger partial charge on any atom is -0.370 e. The Morgan fingerprint density at radius 3 is 2.62 bits per heavy atom. The van der Waals surface area contributed by atoms with Gasteiger partial charge in [0.2, 0.25) is 0 Å². The molecule has 0 amide bonds. The first kappa shape index (κ1) is 18.3. The van der Waals surface area contributed by atoms with E-state index in [1.807, 2.05) is 30.5 Å². The van der Waals surface area contributed by atoms with Crippen LogP contribution in [-0.2, 0) is 13.0 Å². The van der Waals surface area contributed by atoms with Crippen LogP contribution in [-0.4, -0.2) is 15.3 Å². The molecule has 5 nitrogen and oxygen atoms in total. The quantitative estimate of drug-likeness (QED) is 0.373. The highest BCUT2D eigenvalue weighted by molar-refractivity contribution is 14.0. The number of benzene rings is 1. The molecule has 0 spiro atoms. The van der Waals surface area contributed by atoms with E-state index in [0.717, 1.165) is 29.1 Å². The molecule has 3 rings (SSSR count). The topological polar surface area (TPSA) is 67.7 Å². The second kappa shape index (κ2) is 8.14. The Bertz CT molecular complexity index is 836. The predicted molar refractivity (Wildman–Crippen MR) is 110 cm³/mol. The van der Waals surface area contributed by atoms with E-state index in [4.69, 9.17) is 5.73 Å². The highest BCUT2D eigenvalue weighted by Crippen LogP contribution is 2.11. The van der Waals surface area contributed by atoms with E-state index in [0.29, 0.717) is 12.5 Å². The Morgan fingerprint density at radius 2 is 1.96 bits per heavy atom. The lowest BCUT2D eigenvalue weighted by Crippen LogP contribution is -2.22. The molecule has 0 atom stereocenters. The van der Waals surface area contributed by atoms with Crippen molar-refractivity contribution in [2.75, 3.05) is 5.32 Å². The number of anilines is 1. The summed E-state index contributed by atoms with van der Waals surface area (Å²) in [4.78, 5) is 8.91. The SMILES string of the molecule is CCc1ccc(NC(N)=NCc2cn3c(C)cccc3n2)cc1.I. The van der Waals surface area contributed by atoms with Crippen LogP contribution in [0, 0.1) is 6.92 Å². The zero-order valence-corrected chi connectivity index (χ0v) is 16.2. The first-order chi connectivity index (χ1) is 11.2. The summed E-state index contributed by atoms with van der Waals surface area (Å²) in [5, 5.41) is 3.10. The second-order valence-electron chi connectivity index (χ2n) is 5.50. The highest BCUT2D eigenvalue weighted by Gasteiger charge is 2.03. The van der Waals surface area contributed by atoms with Gasteiger partial charge in [0.15, 0.2) is 5.96 Å². The van der Waals surface area contributed by atoms with Gasteiger partial charge in [-0.3, -0.25) is 0 Å². The molecule has 6 heteroatoms. The van der Waals surface area contributed by atoms with E-state index in [2.05, 4.69) is 51.7 Å². The van der Waals surface area contributed by atoms with Gasteiger partial charge in [0, 0.05) is 17.6 Å². The van der Waals surface area contributed by atoms with Crippen molar-refractivity contribution in [1.29, 1.82) is 0 Å². The number of halogens is 1. The van der Waals surface area contributed by atoms with Gasteiger partial charge in [-0.1, -0.05) is 25.1 Å². The van der Waals surface area contributed by atoms with Crippen LogP contribution in [0.15, 0.2) is 53.7 Å². The van der Waals surface area contributed by atoms with Crippen LogP contribution in [0.5, 0.6) is 0 Å². The molecule has 126 valence electrons. The predicted octanol–water partition coefficient (Wildman–Crippen LogP) is 3.75. The van der Waals surface area contributed by atoms with Gasteiger partial charge in [0.25, 0.3) is 0 Å². The Balaban J connectivity index is 0.00000208. The number of pyridine rings is 1. The van der Waals surface area contributed by atoms with E-state index in [-0.39, 0.29) is 24.0 Å².